The molecule has 52 valence electrons. The van der Waals surface area contributed by atoms with Crippen LogP contribution in [0.2, 0.25) is 0 Å². The highest BCUT2D eigenvalue weighted by atomic mass is 16.5. The van der Waals surface area contributed by atoms with E-state index in [0.717, 1.165) is 0 Å². The fourth-order valence-electron chi connectivity index (χ4n) is 0.237. The molecule has 0 heterocycles. The van der Waals surface area contributed by atoms with Gasteiger partial charge in [0.25, 0.3) is 0 Å². The van der Waals surface area contributed by atoms with Crippen molar-refractivity contribution in [2.24, 2.45) is 0 Å². The Hall–Kier alpha value is -1.10. The van der Waals surface area contributed by atoms with Gasteiger partial charge in [-0.3, -0.25) is 9.59 Å². The van der Waals surface area contributed by atoms with E-state index in [0.29, 0.717) is 12.8 Å². The van der Waals surface area contributed by atoms with Crippen molar-refractivity contribution in [1.29, 1.82) is 0 Å². The molecule has 0 saturated heterocycles. The van der Waals surface area contributed by atoms with Gasteiger partial charge in [-0.2, -0.15) is 0 Å². The fraction of sp³-hybridized carbons (Fsp3) is 0.500. The summed E-state index contributed by atoms with van der Waals surface area (Å²) in [6.45, 7) is 0.231. The van der Waals surface area contributed by atoms with Gasteiger partial charge in [0.05, 0.1) is 0 Å². The van der Waals surface area contributed by atoms with Crippen LogP contribution in [-0.2, 0) is 14.3 Å². The summed E-state index contributed by atoms with van der Waals surface area (Å²) in [4.78, 5) is 19.1. The van der Waals surface area contributed by atoms with Crippen LogP contribution < -0.4 is 10.6 Å². The smallest absolute Gasteiger partial charge is 0.208 e. The lowest BCUT2D eigenvalue weighted by atomic mass is 11.1. The Morgan fingerprint density at radius 1 is 1.11 bits per heavy atom. The average molecular weight is 132 g/mol. The number of carbonyl (C=O) groups is 2. The zero-order valence-corrected chi connectivity index (χ0v) is 4.79. The normalized spacial score (nSPS) is 8.00. The molecule has 5 nitrogen and oxygen atoms in total. The van der Waals surface area contributed by atoms with E-state index in [-0.39, 0.29) is 13.5 Å². The van der Waals surface area contributed by atoms with Crippen LogP contribution >= 0.6 is 0 Å². The summed E-state index contributed by atoms with van der Waals surface area (Å²) in [6, 6.07) is 0. The molecule has 0 saturated carbocycles. The molecule has 0 aromatic carbocycles. The lowest BCUT2D eigenvalue weighted by molar-refractivity contribution is -0.112. The van der Waals surface area contributed by atoms with Gasteiger partial charge in [-0.25, -0.2) is 0 Å². The summed E-state index contributed by atoms with van der Waals surface area (Å²) in [5, 5.41) is 4.50. The highest BCUT2D eigenvalue weighted by Crippen LogP contribution is 1.60. The van der Waals surface area contributed by atoms with Crippen LogP contribution in [0, 0.1) is 0 Å². The lowest BCUT2D eigenvalue weighted by Gasteiger charge is -1.98. The van der Waals surface area contributed by atoms with Crippen LogP contribution in [0.4, 0.5) is 0 Å². The average Bonchev–Trinajstić information content (AvgIpc) is 1.89. The van der Waals surface area contributed by atoms with Gasteiger partial charge in [-0.1, -0.05) is 0 Å². The SMILES string of the molecule is O=CNCOCNC=O. The van der Waals surface area contributed by atoms with Gasteiger partial charge in [0.1, 0.15) is 13.5 Å². The first-order valence-corrected chi connectivity index (χ1v) is 2.33. The third-order valence-electron chi connectivity index (χ3n) is 0.537. The molecule has 0 aromatic rings. The van der Waals surface area contributed by atoms with Gasteiger partial charge in [-0.05, 0) is 0 Å². The number of ether oxygens (including phenoxy) is 1. The van der Waals surface area contributed by atoms with Crippen molar-refractivity contribution < 1.29 is 14.3 Å². The number of hydrogen-bond donors (Lipinski definition) is 2. The van der Waals surface area contributed by atoms with E-state index >= 15 is 0 Å². The van der Waals surface area contributed by atoms with Gasteiger partial charge in [-0.15, -0.1) is 0 Å². The monoisotopic (exact) mass is 132 g/mol. The van der Waals surface area contributed by atoms with Crippen LogP contribution in [0.3, 0.4) is 0 Å². The van der Waals surface area contributed by atoms with Crippen molar-refractivity contribution in [2.45, 2.75) is 0 Å². The van der Waals surface area contributed by atoms with Crippen molar-refractivity contribution in [3.05, 3.63) is 0 Å². The number of rotatable bonds is 6. The highest BCUT2D eigenvalue weighted by Gasteiger charge is 1.79. The summed E-state index contributed by atoms with van der Waals surface area (Å²) in [5.74, 6) is 0. The molecule has 0 atom stereocenters. The number of hydrogen-bond acceptors (Lipinski definition) is 3. The molecule has 0 radical (unpaired) electrons. The van der Waals surface area contributed by atoms with E-state index < -0.39 is 0 Å². The van der Waals surface area contributed by atoms with Crippen molar-refractivity contribution in [3.8, 4) is 0 Å². The molecule has 0 aliphatic heterocycles. The Morgan fingerprint density at radius 3 is 1.89 bits per heavy atom. The van der Waals surface area contributed by atoms with E-state index in [1.807, 2.05) is 0 Å². The Morgan fingerprint density at radius 2 is 1.56 bits per heavy atom. The largest absolute Gasteiger partial charge is 0.341 e. The second kappa shape index (κ2) is 6.90. The molecule has 0 rings (SSSR count). The third kappa shape index (κ3) is 6.90. The Kier molecular flexibility index (Phi) is 6.06. The first-order valence-electron chi connectivity index (χ1n) is 2.33. The van der Waals surface area contributed by atoms with Gasteiger partial charge in [0, 0.05) is 0 Å². The Bertz CT molecular complexity index is 75.9. The maximum atomic E-state index is 9.56. The molecule has 0 aliphatic carbocycles. The van der Waals surface area contributed by atoms with Crippen molar-refractivity contribution in [2.75, 3.05) is 13.5 Å². The van der Waals surface area contributed by atoms with E-state index in [4.69, 9.17) is 0 Å². The fourth-order valence-corrected chi connectivity index (χ4v) is 0.237. The molecule has 2 N–H and O–H groups in total. The van der Waals surface area contributed by atoms with Crippen molar-refractivity contribution in [3.63, 3.8) is 0 Å². The van der Waals surface area contributed by atoms with E-state index in [1.54, 1.807) is 0 Å². The summed E-state index contributed by atoms with van der Waals surface area (Å²) in [6.07, 6.45) is 1.03. The second-order valence-corrected chi connectivity index (χ2v) is 1.14. The number of carbonyl (C=O) groups excluding carboxylic acids is 2. The van der Waals surface area contributed by atoms with Crippen molar-refractivity contribution >= 4 is 12.8 Å². The quantitative estimate of drug-likeness (QED) is 0.260. The summed E-state index contributed by atoms with van der Waals surface area (Å²) < 4.78 is 4.63. The molecular weight excluding hydrogens is 124 g/mol. The highest BCUT2D eigenvalue weighted by molar-refractivity contribution is 5.45. The second-order valence-electron chi connectivity index (χ2n) is 1.14. The van der Waals surface area contributed by atoms with Crippen LogP contribution in [0.1, 0.15) is 0 Å². The van der Waals surface area contributed by atoms with Crippen LogP contribution in [0.15, 0.2) is 0 Å². The molecule has 0 unspecified atom stereocenters. The Balaban J connectivity index is 2.74. The minimum atomic E-state index is 0.115. The third-order valence-corrected chi connectivity index (χ3v) is 0.537. The molecule has 9 heavy (non-hydrogen) atoms. The van der Waals surface area contributed by atoms with E-state index in [9.17, 15) is 9.59 Å². The Labute approximate surface area is 52.4 Å². The molecule has 0 aliphatic rings. The van der Waals surface area contributed by atoms with E-state index in [1.165, 1.54) is 0 Å². The summed E-state index contributed by atoms with van der Waals surface area (Å²) in [7, 11) is 0. The lowest BCUT2D eigenvalue weighted by Crippen LogP contribution is -2.22. The molecule has 0 fully saturated rings. The minimum Gasteiger partial charge on any atom is -0.341 e. The van der Waals surface area contributed by atoms with E-state index in [2.05, 4.69) is 15.4 Å². The number of amides is 2. The summed E-state index contributed by atoms with van der Waals surface area (Å²) >= 11 is 0. The number of nitrogens with one attached hydrogen (secondary N) is 2. The van der Waals surface area contributed by atoms with Gasteiger partial charge < -0.3 is 15.4 Å². The van der Waals surface area contributed by atoms with Gasteiger partial charge >= 0.3 is 0 Å². The van der Waals surface area contributed by atoms with Gasteiger partial charge in [0.15, 0.2) is 0 Å². The summed E-state index contributed by atoms with van der Waals surface area (Å²) in [5.41, 5.74) is 0. The van der Waals surface area contributed by atoms with Gasteiger partial charge in [0.2, 0.25) is 12.8 Å². The molecule has 0 bridgehead atoms. The maximum Gasteiger partial charge on any atom is 0.208 e. The first kappa shape index (κ1) is 7.90. The molecule has 5 heteroatoms. The van der Waals surface area contributed by atoms with Crippen LogP contribution in [0.25, 0.3) is 0 Å². The molecular formula is C4H8N2O3. The zero-order chi connectivity index (χ0) is 6.95. The maximum absolute atomic E-state index is 9.56. The van der Waals surface area contributed by atoms with Crippen LogP contribution in [0.5, 0.6) is 0 Å². The molecule has 2 amide bonds. The standard InChI is InChI=1S/C4H8N2O3/c7-1-5-3-9-4-6-2-8/h1-2H,3-4H2,(H,5,7)(H,6,8). The molecule has 0 aromatic heterocycles. The first-order chi connectivity index (χ1) is 4.41. The topological polar surface area (TPSA) is 67.4 Å². The van der Waals surface area contributed by atoms with Crippen molar-refractivity contribution in [1.82, 2.24) is 10.6 Å². The minimum absolute atomic E-state index is 0.115. The predicted octanol–water partition coefficient (Wildman–Crippen LogP) is -1.59. The van der Waals surface area contributed by atoms with Crippen LogP contribution in [-0.4, -0.2) is 26.3 Å². The molecule has 0 spiro atoms. The predicted molar refractivity (Wildman–Crippen MR) is 29.2 cm³/mol. The zero-order valence-electron chi connectivity index (χ0n) is 4.79.